The lowest BCUT2D eigenvalue weighted by atomic mass is 9.90. The first-order valence-electron chi connectivity index (χ1n) is 12.9. The molecule has 3 aromatic carbocycles. The summed E-state index contributed by atoms with van der Waals surface area (Å²) in [6.07, 6.45) is 4.04. The second-order valence-corrected chi connectivity index (χ2v) is 9.58. The smallest absolute Gasteiger partial charge is 0.293 e. The number of benzene rings is 3. The van der Waals surface area contributed by atoms with Crippen LogP contribution in [-0.4, -0.2) is 40.9 Å². The van der Waals surface area contributed by atoms with E-state index in [1.807, 2.05) is 55.5 Å². The van der Waals surface area contributed by atoms with Gasteiger partial charge >= 0.3 is 0 Å². The number of hydrogen-bond donors (Lipinski definition) is 3. The summed E-state index contributed by atoms with van der Waals surface area (Å²) in [7, 11) is 1.60. The summed E-state index contributed by atoms with van der Waals surface area (Å²) in [6.45, 7) is 2.03. The van der Waals surface area contributed by atoms with Crippen LogP contribution in [0.4, 0.5) is 11.5 Å². The van der Waals surface area contributed by atoms with Gasteiger partial charge < -0.3 is 21.1 Å². The zero-order chi connectivity index (χ0) is 26.5. The number of carbonyl (C=O) groups is 1. The first-order chi connectivity index (χ1) is 18.5. The van der Waals surface area contributed by atoms with Crippen molar-refractivity contribution in [3.8, 4) is 5.75 Å². The van der Waals surface area contributed by atoms with Crippen LogP contribution in [0, 0.1) is 6.92 Å². The van der Waals surface area contributed by atoms with Crippen molar-refractivity contribution in [2.45, 2.75) is 44.7 Å². The molecule has 1 aromatic heterocycles. The predicted molar refractivity (Wildman–Crippen MR) is 152 cm³/mol. The highest BCUT2D eigenvalue weighted by Crippen LogP contribution is 2.28. The first kappa shape index (κ1) is 25.2. The van der Waals surface area contributed by atoms with Crippen molar-refractivity contribution in [1.82, 2.24) is 9.97 Å². The molecule has 4 aromatic rings. The molecule has 1 aliphatic rings. The van der Waals surface area contributed by atoms with E-state index in [1.54, 1.807) is 31.4 Å². The van der Waals surface area contributed by atoms with Crippen molar-refractivity contribution in [3.05, 3.63) is 89.7 Å². The number of amides is 1. The van der Waals surface area contributed by atoms with Gasteiger partial charge in [-0.25, -0.2) is 9.97 Å². The molecule has 8 nitrogen and oxygen atoms in total. The van der Waals surface area contributed by atoms with Crippen LogP contribution in [0.5, 0.6) is 5.75 Å². The third kappa shape index (κ3) is 5.75. The van der Waals surface area contributed by atoms with Crippen LogP contribution in [-0.2, 0) is 0 Å². The van der Waals surface area contributed by atoms with E-state index < -0.39 is 0 Å². The molecular formula is C30H32N6O2. The maximum Gasteiger partial charge on any atom is 0.293 e. The van der Waals surface area contributed by atoms with Crippen molar-refractivity contribution < 1.29 is 9.53 Å². The topological polar surface area (TPSA) is 115 Å². The van der Waals surface area contributed by atoms with Crippen LogP contribution >= 0.6 is 0 Å². The van der Waals surface area contributed by atoms with Gasteiger partial charge in [-0.1, -0.05) is 54.8 Å². The van der Waals surface area contributed by atoms with Gasteiger partial charge in [-0.3, -0.25) is 9.79 Å². The van der Waals surface area contributed by atoms with Crippen molar-refractivity contribution in [2.75, 3.05) is 17.7 Å². The van der Waals surface area contributed by atoms with Gasteiger partial charge in [0.1, 0.15) is 17.4 Å². The molecule has 38 heavy (non-hydrogen) atoms. The Morgan fingerprint density at radius 2 is 1.76 bits per heavy atom. The number of rotatable bonds is 7. The number of nitrogens with zero attached hydrogens (tertiary/aromatic N) is 3. The molecule has 1 fully saturated rings. The van der Waals surface area contributed by atoms with Gasteiger partial charge in [0.05, 0.1) is 18.7 Å². The van der Waals surface area contributed by atoms with Crippen molar-refractivity contribution >= 4 is 34.2 Å². The quantitative estimate of drug-likeness (QED) is 0.230. The normalized spacial score (nSPS) is 17.7. The molecule has 0 spiro atoms. The van der Waals surface area contributed by atoms with E-state index in [0.717, 1.165) is 42.2 Å². The number of aromatic nitrogens is 2. The van der Waals surface area contributed by atoms with E-state index in [2.05, 4.69) is 15.6 Å². The van der Waals surface area contributed by atoms with Gasteiger partial charge in [0.2, 0.25) is 5.82 Å². The number of amidine groups is 1. The van der Waals surface area contributed by atoms with Crippen molar-refractivity contribution in [2.24, 2.45) is 10.7 Å². The fourth-order valence-corrected chi connectivity index (χ4v) is 4.79. The number of methoxy groups -OCH3 is 1. The minimum Gasteiger partial charge on any atom is -0.497 e. The fourth-order valence-electron chi connectivity index (χ4n) is 4.79. The Bertz CT molecular complexity index is 1450. The Morgan fingerprint density at radius 1 is 1.00 bits per heavy atom. The molecule has 4 N–H and O–H groups in total. The third-order valence-electron chi connectivity index (χ3n) is 6.83. The molecule has 5 rings (SSSR count). The second kappa shape index (κ2) is 11.3. The van der Waals surface area contributed by atoms with E-state index in [0.29, 0.717) is 28.6 Å². The van der Waals surface area contributed by atoms with Gasteiger partial charge in [-0.15, -0.1) is 0 Å². The predicted octanol–water partition coefficient (Wildman–Crippen LogP) is 5.33. The largest absolute Gasteiger partial charge is 0.497 e. The fraction of sp³-hybridized carbons (Fsp3) is 0.267. The number of nitrogens with one attached hydrogen (secondary N) is 2. The number of fused-ring (bicyclic) bond motifs is 1. The number of nitrogens with two attached hydrogens (primary N) is 1. The molecule has 0 bridgehead atoms. The minimum atomic E-state index is -0.382. The summed E-state index contributed by atoms with van der Waals surface area (Å²) >= 11 is 0. The highest BCUT2D eigenvalue weighted by atomic mass is 16.5. The molecule has 0 saturated heterocycles. The molecule has 2 atom stereocenters. The van der Waals surface area contributed by atoms with Gasteiger partial charge in [-0.05, 0) is 56.2 Å². The zero-order valence-electron chi connectivity index (χ0n) is 21.6. The average molecular weight is 509 g/mol. The molecule has 0 unspecified atom stereocenters. The number of ether oxygens (including phenoxy) is 1. The van der Waals surface area contributed by atoms with Crippen molar-refractivity contribution in [1.29, 1.82) is 0 Å². The highest BCUT2D eigenvalue weighted by Gasteiger charge is 2.27. The summed E-state index contributed by atoms with van der Waals surface area (Å²) in [5.41, 5.74) is 9.72. The SMILES string of the molecule is COc1ccc(NC(=O)c2nc(N[C@H]3CCCC[C@H]3N=C(N)c3ccccc3)c3cc(C)ccc3n2)cc1. The Labute approximate surface area is 222 Å². The summed E-state index contributed by atoms with van der Waals surface area (Å²) in [5, 5.41) is 7.38. The van der Waals surface area contributed by atoms with E-state index >= 15 is 0 Å². The lowest BCUT2D eigenvalue weighted by molar-refractivity contribution is 0.101. The van der Waals surface area contributed by atoms with Crippen LogP contribution < -0.4 is 21.1 Å². The van der Waals surface area contributed by atoms with E-state index in [4.69, 9.17) is 20.4 Å². The summed E-state index contributed by atoms with van der Waals surface area (Å²) in [6, 6.07) is 22.9. The van der Waals surface area contributed by atoms with Gasteiger partial charge in [0.25, 0.3) is 5.91 Å². The van der Waals surface area contributed by atoms with E-state index in [9.17, 15) is 4.79 Å². The molecule has 0 aliphatic heterocycles. The lowest BCUT2D eigenvalue weighted by Gasteiger charge is -2.30. The lowest BCUT2D eigenvalue weighted by Crippen LogP contribution is -2.37. The van der Waals surface area contributed by atoms with E-state index in [1.165, 1.54) is 0 Å². The summed E-state index contributed by atoms with van der Waals surface area (Å²) in [5.74, 6) is 1.59. The third-order valence-corrected chi connectivity index (χ3v) is 6.83. The molecule has 0 radical (unpaired) electrons. The Balaban J connectivity index is 1.45. The molecule has 194 valence electrons. The number of aryl methyl sites for hydroxylation is 1. The van der Waals surface area contributed by atoms with Gasteiger partial charge in [0.15, 0.2) is 0 Å². The number of hydrogen-bond acceptors (Lipinski definition) is 6. The molecule has 1 aliphatic carbocycles. The van der Waals surface area contributed by atoms with Crippen LogP contribution in [0.2, 0.25) is 0 Å². The second-order valence-electron chi connectivity index (χ2n) is 9.58. The molecule has 1 saturated carbocycles. The van der Waals surface area contributed by atoms with Crippen LogP contribution in [0.1, 0.15) is 47.4 Å². The standard InChI is InChI=1S/C30H32N6O2/c1-19-12-17-24-23(18-19)28(36-29(34-24)30(37)32-21-13-15-22(38-2)16-14-21)35-26-11-7-6-10-25(26)33-27(31)20-8-4-3-5-9-20/h3-5,8-9,12-18,25-26H,6-7,10-11H2,1-2H3,(H2,31,33)(H,32,37)(H,34,35,36)/t25-,26+/m1/s1. The number of anilines is 2. The zero-order valence-corrected chi connectivity index (χ0v) is 21.6. The molecule has 8 heteroatoms. The van der Waals surface area contributed by atoms with Gasteiger partial charge in [0, 0.05) is 22.7 Å². The van der Waals surface area contributed by atoms with Gasteiger partial charge in [-0.2, -0.15) is 0 Å². The minimum absolute atomic E-state index is 0.00430. The maximum absolute atomic E-state index is 13.2. The van der Waals surface area contributed by atoms with Crippen LogP contribution in [0.15, 0.2) is 77.8 Å². The Morgan fingerprint density at radius 3 is 2.53 bits per heavy atom. The monoisotopic (exact) mass is 508 g/mol. The Kier molecular flexibility index (Phi) is 7.49. The number of carbonyl (C=O) groups excluding carboxylic acids is 1. The summed E-state index contributed by atoms with van der Waals surface area (Å²) in [4.78, 5) is 27.3. The first-order valence-corrected chi connectivity index (χ1v) is 12.9. The Hall–Kier alpha value is -4.46. The van der Waals surface area contributed by atoms with Crippen LogP contribution in [0.3, 0.4) is 0 Å². The molecule has 1 heterocycles. The van der Waals surface area contributed by atoms with E-state index in [-0.39, 0.29) is 23.8 Å². The maximum atomic E-state index is 13.2. The highest BCUT2D eigenvalue weighted by molar-refractivity contribution is 6.04. The number of aliphatic imine (C=N–C) groups is 1. The van der Waals surface area contributed by atoms with Crippen LogP contribution in [0.25, 0.3) is 10.9 Å². The summed E-state index contributed by atoms with van der Waals surface area (Å²) < 4.78 is 5.20. The molecular weight excluding hydrogens is 476 g/mol. The van der Waals surface area contributed by atoms with Crippen molar-refractivity contribution in [3.63, 3.8) is 0 Å². The average Bonchev–Trinajstić information content (AvgIpc) is 2.95. The molecule has 1 amide bonds.